The Morgan fingerprint density at radius 1 is 1.24 bits per heavy atom. The van der Waals surface area contributed by atoms with Gasteiger partial charge in [0.2, 0.25) is 0 Å². The van der Waals surface area contributed by atoms with Gasteiger partial charge in [-0.05, 0) is 23.8 Å². The van der Waals surface area contributed by atoms with Crippen molar-refractivity contribution >= 4 is 21.9 Å². The van der Waals surface area contributed by atoms with Gasteiger partial charge in [-0.1, -0.05) is 40.2 Å². The minimum atomic E-state index is -0.494. The third kappa shape index (κ3) is 4.29. The van der Waals surface area contributed by atoms with E-state index in [2.05, 4.69) is 20.7 Å². The topological polar surface area (TPSA) is 35.5 Å². The molecule has 3 nitrogen and oxygen atoms in total. The van der Waals surface area contributed by atoms with Crippen LogP contribution in [0.25, 0.3) is 0 Å². The first kappa shape index (κ1) is 15.5. The van der Waals surface area contributed by atoms with Gasteiger partial charge in [-0.25, -0.2) is 4.39 Å². The van der Waals surface area contributed by atoms with E-state index in [-0.39, 0.29) is 18.8 Å². The summed E-state index contributed by atoms with van der Waals surface area (Å²) in [4.78, 5) is 11.4. The first-order valence-corrected chi connectivity index (χ1v) is 7.11. The van der Waals surface area contributed by atoms with Crippen LogP contribution in [0.5, 0.6) is 5.75 Å². The maximum Gasteiger partial charge on any atom is 0.310 e. The summed E-state index contributed by atoms with van der Waals surface area (Å²) in [6, 6.07) is 12.0. The number of halogens is 2. The van der Waals surface area contributed by atoms with Gasteiger partial charge in [0.15, 0.2) is 11.6 Å². The molecule has 0 fully saturated rings. The smallest absolute Gasteiger partial charge is 0.310 e. The van der Waals surface area contributed by atoms with Crippen molar-refractivity contribution in [2.75, 3.05) is 7.11 Å². The first-order chi connectivity index (χ1) is 10.1. The summed E-state index contributed by atoms with van der Waals surface area (Å²) in [7, 11) is 1.30. The van der Waals surface area contributed by atoms with Crippen molar-refractivity contribution in [3.63, 3.8) is 0 Å². The molecule has 0 N–H and O–H groups in total. The normalized spacial score (nSPS) is 10.2. The highest BCUT2D eigenvalue weighted by Gasteiger charge is 2.13. The summed E-state index contributed by atoms with van der Waals surface area (Å²) in [6.45, 7) is 0.217. The van der Waals surface area contributed by atoms with E-state index in [0.717, 1.165) is 10.0 Å². The van der Waals surface area contributed by atoms with Gasteiger partial charge in [0.1, 0.15) is 6.61 Å². The third-order valence-corrected chi connectivity index (χ3v) is 3.38. The quantitative estimate of drug-likeness (QED) is 0.766. The van der Waals surface area contributed by atoms with Crippen molar-refractivity contribution in [2.24, 2.45) is 0 Å². The molecule has 0 aliphatic heterocycles. The van der Waals surface area contributed by atoms with E-state index in [9.17, 15) is 9.18 Å². The highest BCUT2D eigenvalue weighted by Crippen LogP contribution is 2.25. The number of hydrogen-bond donors (Lipinski definition) is 0. The lowest BCUT2D eigenvalue weighted by Crippen LogP contribution is -2.08. The number of benzene rings is 2. The molecule has 0 bridgehead atoms. The third-order valence-electron chi connectivity index (χ3n) is 2.88. The fourth-order valence-electron chi connectivity index (χ4n) is 1.86. The number of rotatable bonds is 5. The zero-order valence-electron chi connectivity index (χ0n) is 11.4. The lowest BCUT2D eigenvalue weighted by Gasteiger charge is -2.12. The lowest BCUT2D eigenvalue weighted by atomic mass is 10.1. The number of methoxy groups -OCH3 is 1. The highest BCUT2D eigenvalue weighted by atomic mass is 79.9. The molecule has 0 amide bonds. The van der Waals surface area contributed by atoms with Crippen molar-refractivity contribution in [1.29, 1.82) is 0 Å². The molecule has 2 aromatic carbocycles. The summed E-state index contributed by atoms with van der Waals surface area (Å²) in [5, 5.41) is 0. The maximum absolute atomic E-state index is 13.9. The number of para-hydroxylation sites is 1. The van der Waals surface area contributed by atoms with Gasteiger partial charge in [-0.3, -0.25) is 4.79 Å². The number of hydrogen-bond acceptors (Lipinski definition) is 3. The lowest BCUT2D eigenvalue weighted by molar-refractivity contribution is -0.139. The van der Waals surface area contributed by atoms with Crippen LogP contribution in [0.1, 0.15) is 11.1 Å². The fourth-order valence-corrected chi connectivity index (χ4v) is 2.31. The molecule has 5 heteroatoms. The largest absolute Gasteiger partial charge is 0.486 e. The second-order valence-corrected chi connectivity index (χ2v) is 5.32. The van der Waals surface area contributed by atoms with Gasteiger partial charge >= 0.3 is 5.97 Å². The van der Waals surface area contributed by atoms with E-state index in [1.165, 1.54) is 13.2 Å². The monoisotopic (exact) mass is 352 g/mol. The Morgan fingerprint density at radius 2 is 2.00 bits per heavy atom. The maximum atomic E-state index is 13.9. The molecule has 0 aromatic heterocycles. The van der Waals surface area contributed by atoms with E-state index < -0.39 is 11.8 Å². The fraction of sp³-hybridized carbons (Fsp3) is 0.188. The van der Waals surface area contributed by atoms with E-state index >= 15 is 0 Å². The van der Waals surface area contributed by atoms with Crippen LogP contribution in [0.3, 0.4) is 0 Å². The Kier molecular flexibility index (Phi) is 5.33. The summed E-state index contributed by atoms with van der Waals surface area (Å²) >= 11 is 3.37. The minimum absolute atomic E-state index is 0.0257. The molecular weight excluding hydrogens is 339 g/mol. The molecule has 21 heavy (non-hydrogen) atoms. The first-order valence-electron chi connectivity index (χ1n) is 6.31. The van der Waals surface area contributed by atoms with Crippen molar-refractivity contribution < 1.29 is 18.7 Å². The molecule has 0 aliphatic carbocycles. The molecule has 2 rings (SSSR count). The summed E-state index contributed by atoms with van der Waals surface area (Å²) in [6.07, 6.45) is -0.0257. The van der Waals surface area contributed by atoms with Crippen LogP contribution < -0.4 is 4.74 Å². The molecule has 2 aromatic rings. The van der Waals surface area contributed by atoms with Crippen molar-refractivity contribution in [3.8, 4) is 5.75 Å². The van der Waals surface area contributed by atoms with Crippen LogP contribution in [0.2, 0.25) is 0 Å². The van der Waals surface area contributed by atoms with Gasteiger partial charge in [-0.15, -0.1) is 0 Å². The summed E-state index contributed by atoms with van der Waals surface area (Å²) in [5.41, 5.74) is 1.37. The molecule has 0 radical (unpaired) electrons. The Bertz CT molecular complexity index is 643. The van der Waals surface area contributed by atoms with E-state index in [1.54, 1.807) is 12.1 Å². The SMILES string of the molecule is COC(=O)Cc1cccc(F)c1OCc1cccc(Br)c1. The molecular formula is C16H14BrFO3. The van der Waals surface area contributed by atoms with Crippen molar-refractivity contribution in [3.05, 3.63) is 63.9 Å². The predicted molar refractivity (Wildman–Crippen MR) is 80.6 cm³/mol. The Hall–Kier alpha value is -1.88. The number of carbonyl (C=O) groups is 1. The van der Waals surface area contributed by atoms with Crippen molar-refractivity contribution in [2.45, 2.75) is 13.0 Å². The van der Waals surface area contributed by atoms with Crippen LogP contribution in [0.4, 0.5) is 4.39 Å². The zero-order valence-corrected chi connectivity index (χ0v) is 13.0. The Morgan fingerprint density at radius 3 is 2.71 bits per heavy atom. The average molecular weight is 353 g/mol. The highest BCUT2D eigenvalue weighted by molar-refractivity contribution is 9.10. The molecule has 0 saturated heterocycles. The average Bonchev–Trinajstić information content (AvgIpc) is 2.46. The standard InChI is InChI=1S/C16H14BrFO3/c1-20-15(19)9-12-5-3-7-14(18)16(12)21-10-11-4-2-6-13(17)8-11/h2-8H,9-10H2,1H3. The second-order valence-electron chi connectivity index (χ2n) is 4.40. The van der Waals surface area contributed by atoms with Gasteiger partial charge in [-0.2, -0.15) is 0 Å². The molecule has 0 unspecified atom stereocenters. The molecule has 110 valence electrons. The van der Waals surface area contributed by atoms with Crippen molar-refractivity contribution in [1.82, 2.24) is 0 Å². The zero-order chi connectivity index (χ0) is 15.2. The van der Waals surface area contributed by atoms with Gasteiger partial charge in [0.25, 0.3) is 0 Å². The molecule has 0 heterocycles. The van der Waals surface area contributed by atoms with Crippen LogP contribution in [0.15, 0.2) is 46.9 Å². The van der Waals surface area contributed by atoms with Gasteiger partial charge in [0.05, 0.1) is 13.5 Å². The molecule has 0 saturated carbocycles. The van der Waals surface area contributed by atoms with E-state index in [0.29, 0.717) is 5.56 Å². The summed E-state index contributed by atoms with van der Waals surface area (Å²) < 4.78 is 25.0. The predicted octanol–water partition coefficient (Wildman–Crippen LogP) is 3.88. The van der Waals surface area contributed by atoms with Gasteiger partial charge in [0, 0.05) is 10.0 Å². The Labute approximate surface area is 130 Å². The molecule has 0 atom stereocenters. The van der Waals surface area contributed by atoms with Gasteiger partial charge < -0.3 is 9.47 Å². The van der Waals surface area contributed by atoms with Crippen LogP contribution >= 0.6 is 15.9 Å². The number of carbonyl (C=O) groups excluding carboxylic acids is 1. The van der Waals surface area contributed by atoms with Crippen LogP contribution in [-0.4, -0.2) is 13.1 Å². The molecule has 0 spiro atoms. The second kappa shape index (κ2) is 7.22. The number of ether oxygens (including phenoxy) is 2. The van der Waals surface area contributed by atoms with E-state index in [1.807, 2.05) is 24.3 Å². The Balaban J connectivity index is 2.16. The summed E-state index contributed by atoms with van der Waals surface area (Å²) in [5.74, 6) is -0.845. The molecule has 0 aliphatic rings. The number of esters is 1. The van der Waals surface area contributed by atoms with E-state index in [4.69, 9.17) is 4.74 Å². The van der Waals surface area contributed by atoms with Crippen LogP contribution in [-0.2, 0) is 22.6 Å². The van der Waals surface area contributed by atoms with Crippen LogP contribution in [0, 0.1) is 5.82 Å². The minimum Gasteiger partial charge on any atom is -0.486 e.